The maximum atomic E-state index is 12.0. The van der Waals surface area contributed by atoms with Gasteiger partial charge in [0.15, 0.2) is 0 Å². The minimum atomic E-state index is 0.0639. The minimum Gasteiger partial charge on any atom is -0.339 e. The van der Waals surface area contributed by atoms with E-state index in [1.807, 2.05) is 0 Å². The molecule has 0 aromatic rings. The van der Waals surface area contributed by atoms with Gasteiger partial charge in [0.05, 0.1) is 6.67 Å². The summed E-state index contributed by atoms with van der Waals surface area (Å²) < 4.78 is 0. The lowest BCUT2D eigenvalue weighted by Gasteiger charge is -2.08. The summed E-state index contributed by atoms with van der Waals surface area (Å²) in [7, 11) is 0. The van der Waals surface area contributed by atoms with Gasteiger partial charge in [-0.2, -0.15) is 0 Å². The van der Waals surface area contributed by atoms with Gasteiger partial charge in [0, 0.05) is 12.8 Å². The van der Waals surface area contributed by atoms with E-state index < -0.39 is 0 Å². The average molecular weight is 635 g/mol. The highest BCUT2D eigenvalue weighted by Crippen LogP contribution is 2.16. The molecule has 2 amide bonds. The lowest BCUT2D eigenvalue weighted by molar-refractivity contribution is -0.123. The highest BCUT2D eigenvalue weighted by molar-refractivity contribution is 5.78. The third-order valence-electron chi connectivity index (χ3n) is 9.59. The Morgan fingerprint density at radius 2 is 0.467 bits per heavy atom. The van der Waals surface area contributed by atoms with E-state index in [0.717, 1.165) is 25.7 Å². The molecule has 4 heteroatoms. The number of hydrogen-bond donors (Lipinski definition) is 2. The fourth-order valence-corrected chi connectivity index (χ4v) is 6.44. The van der Waals surface area contributed by atoms with E-state index in [-0.39, 0.29) is 18.5 Å². The second kappa shape index (κ2) is 39.1. The first-order valence-corrected chi connectivity index (χ1v) is 20.7. The number of carbonyl (C=O) groups is 2. The molecular weight excluding hydrogens is 552 g/mol. The highest BCUT2D eigenvalue weighted by Gasteiger charge is 2.04. The van der Waals surface area contributed by atoms with Crippen molar-refractivity contribution < 1.29 is 9.59 Å². The normalized spacial score (nSPS) is 11.2. The van der Waals surface area contributed by atoms with Crippen LogP contribution in [0.2, 0.25) is 0 Å². The summed E-state index contributed by atoms with van der Waals surface area (Å²) in [5.41, 5.74) is 0. The molecule has 0 aliphatic heterocycles. The van der Waals surface area contributed by atoms with Crippen LogP contribution in [0.1, 0.15) is 245 Å². The Hall–Kier alpha value is -1.06. The summed E-state index contributed by atoms with van der Waals surface area (Å²) in [4.78, 5) is 24.1. The molecule has 0 aromatic carbocycles. The van der Waals surface area contributed by atoms with Crippen LogP contribution in [0.3, 0.4) is 0 Å². The molecule has 0 fully saturated rings. The number of amides is 2. The Balaban J connectivity index is 3.25. The van der Waals surface area contributed by atoms with E-state index in [4.69, 9.17) is 0 Å². The van der Waals surface area contributed by atoms with Gasteiger partial charge in [-0.3, -0.25) is 9.59 Å². The minimum absolute atomic E-state index is 0.0639. The van der Waals surface area contributed by atoms with Crippen molar-refractivity contribution in [3.8, 4) is 0 Å². The van der Waals surface area contributed by atoms with Gasteiger partial charge in [0.1, 0.15) is 0 Å². The number of unbranched alkanes of at least 4 members (excludes halogenated alkanes) is 32. The van der Waals surface area contributed by atoms with E-state index in [1.165, 1.54) is 193 Å². The fourth-order valence-electron chi connectivity index (χ4n) is 6.44. The summed E-state index contributed by atoms with van der Waals surface area (Å²) >= 11 is 0. The van der Waals surface area contributed by atoms with Gasteiger partial charge in [-0.1, -0.05) is 219 Å². The number of carbonyl (C=O) groups excluding carboxylic acids is 2. The van der Waals surface area contributed by atoms with Crippen LogP contribution < -0.4 is 10.6 Å². The Morgan fingerprint density at radius 1 is 0.289 bits per heavy atom. The van der Waals surface area contributed by atoms with Crippen molar-refractivity contribution in [3.05, 3.63) is 0 Å². The van der Waals surface area contributed by atoms with Gasteiger partial charge < -0.3 is 10.6 Å². The zero-order valence-electron chi connectivity index (χ0n) is 31.0. The topological polar surface area (TPSA) is 58.2 Å². The molecular formula is C41H82N2O2. The molecule has 45 heavy (non-hydrogen) atoms. The van der Waals surface area contributed by atoms with Crippen LogP contribution >= 0.6 is 0 Å². The van der Waals surface area contributed by atoms with Crippen LogP contribution in [0.5, 0.6) is 0 Å². The predicted molar refractivity (Wildman–Crippen MR) is 199 cm³/mol. The van der Waals surface area contributed by atoms with Gasteiger partial charge in [0.25, 0.3) is 0 Å². The van der Waals surface area contributed by atoms with Gasteiger partial charge in [0.2, 0.25) is 11.8 Å². The third-order valence-corrected chi connectivity index (χ3v) is 9.59. The molecule has 0 saturated heterocycles. The molecule has 268 valence electrons. The maximum Gasteiger partial charge on any atom is 0.221 e. The molecule has 0 saturated carbocycles. The van der Waals surface area contributed by atoms with Gasteiger partial charge in [-0.05, 0) is 12.8 Å². The standard InChI is InChI=1S/C41H82N2O2/c1-3-5-7-9-11-13-15-17-19-21-23-25-27-29-31-33-35-37-40(44)42-39-43-41(45)38-36-34-32-30-28-26-24-22-20-18-16-14-12-10-8-6-4-2/h3-39H2,1-2H3,(H,42,44)(H,43,45). The first-order chi connectivity index (χ1) is 22.2. The quantitative estimate of drug-likeness (QED) is 0.0524. The molecule has 2 N–H and O–H groups in total. The molecule has 0 aliphatic rings. The second-order valence-corrected chi connectivity index (χ2v) is 14.2. The molecule has 0 atom stereocenters. The lowest BCUT2D eigenvalue weighted by atomic mass is 10.0. The van der Waals surface area contributed by atoms with Crippen molar-refractivity contribution >= 4 is 11.8 Å². The van der Waals surface area contributed by atoms with Crippen LogP contribution in [0.4, 0.5) is 0 Å². The second-order valence-electron chi connectivity index (χ2n) is 14.2. The van der Waals surface area contributed by atoms with Crippen molar-refractivity contribution in [2.24, 2.45) is 0 Å². The summed E-state index contributed by atoms with van der Waals surface area (Å²) in [6.07, 6.45) is 47.1. The molecule has 0 heterocycles. The molecule has 0 bridgehead atoms. The van der Waals surface area contributed by atoms with E-state index in [0.29, 0.717) is 12.8 Å². The van der Waals surface area contributed by atoms with Crippen molar-refractivity contribution in [2.45, 2.75) is 245 Å². The molecule has 4 nitrogen and oxygen atoms in total. The Kier molecular flexibility index (Phi) is 38.2. The summed E-state index contributed by atoms with van der Waals surface area (Å²) in [5, 5.41) is 5.71. The Labute approximate surface area is 283 Å². The summed E-state index contributed by atoms with van der Waals surface area (Å²) in [5.74, 6) is 0.128. The van der Waals surface area contributed by atoms with Crippen LogP contribution in [-0.2, 0) is 9.59 Å². The lowest BCUT2D eigenvalue weighted by Crippen LogP contribution is -2.37. The van der Waals surface area contributed by atoms with E-state index in [9.17, 15) is 9.59 Å². The van der Waals surface area contributed by atoms with Crippen LogP contribution in [-0.4, -0.2) is 18.5 Å². The van der Waals surface area contributed by atoms with Crippen LogP contribution in [0, 0.1) is 0 Å². The Morgan fingerprint density at radius 3 is 0.667 bits per heavy atom. The SMILES string of the molecule is CCCCCCCCCCCCCCCCCCCC(=O)NCNC(=O)CCCCCCCCCCCCCCCCCCC. The van der Waals surface area contributed by atoms with Crippen molar-refractivity contribution in [1.82, 2.24) is 10.6 Å². The molecule has 0 rings (SSSR count). The van der Waals surface area contributed by atoms with Gasteiger partial charge >= 0.3 is 0 Å². The molecule has 0 aliphatic carbocycles. The molecule has 0 aromatic heterocycles. The maximum absolute atomic E-state index is 12.0. The van der Waals surface area contributed by atoms with E-state index >= 15 is 0 Å². The smallest absolute Gasteiger partial charge is 0.221 e. The van der Waals surface area contributed by atoms with Gasteiger partial charge in [-0.15, -0.1) is 0 Å². The van der Waals surface area contributed by atoms with Crippen molar-refractivity contribution in [1.29, 1.82) is 0 Å². The number of rotatable bonds is 38. The molecule has 0 radical (unpaired) electrons. The Bertz CT molecular complexity index is 544. The average Bonchev–Trinajstić information content (AvgIpc) is 3.04. The zero-order valence-corrected chi connectivity index (χ0v) is 31.0. The number of hydrogen-bond acceptors (Lipinski definition) is 2. The van der Waals surface area contributed by atoms with Crippen LogP contribution in [0.15, 0.2) is 0 Å². The third kappa shape index (κ3) is 39.0. The van der Waals surface area contributed by atoms with E-state index in [2.05, 4.69) is 24.5 Å². The van der Waals surface area contributed by atoms with Crippen molar-refractivity contribution in [3.63, 3.8) is 0 Å². The first-order valence-electron chi connectivity index (χ1n) is 20.7. The van der Waals surface area contributed by atoms with Crippen molar-refractivity contribution in [2.75, 3.05) is 6.67 Å². The summed E-state index contributed by atoms with van der Waals surface area (Å²) in [6, 6.07) is 0. The monoisotopic (exact) mass is 635 g/mol. The molecule has 0 spiro atoms. The fraction of sp³-hybridized carbons (Fsp3) is 0.951. The largest absolute Gasteiger partial charge is 0.339 e. The molecule has 0 unspecified atom stereocenters. The first kappa shape index (κ1) is 43.9. The van der Waals surface area contributed by atoms with Gasteiger partial charge in [-0.25, -0.2) is 0 Å². The van der Waals surface area contributed by atoms with Crippen LogP contribution in [0.25, 0.3) is 0 Å². The predicted octanol–water partition coefficient (Wildman–Crippen LogP) is 13.3. The highest BCUT2D eigenvalue weighted by atomic mass is 16.2. The number of nitrogens with one attached hydrogen (secondary N) is 2. The zero-order chi connectivity index (χ0) is 32.7. The summed E-state index contributed by atoms with van der Waals surface area (Å²) in [6.45, 7) is 4.85. The van der Waals surface area contributed by atoms with E-state index in [1.54, 1.807) is 0 Å².